The zero-order valence-corrected chi connectivity index (χ0v) is 19.6. The second-order valence-electron chi connectivity index (χ2n) is 9.39. The number of esters is 2. The highest BCUT2D eigenvalue weighted by Gasteiger charge is 2.27. The monoisotopic (exact) mass is 460 g/mol. The van der Waals surface area contributed by atoms with Crippen LogP contribution in [0.25, 0.3) is 16.8 Å². The average molecular weight is 461 g/mol. The summed E-state index contributed by atoms with van der Waals surface area (Å²) in [4.78, 5) is 24.3. The average Bonchev–Trinajstić information content (AvgIpc) is 3.11. The van der Waals surface area contributed by atoms with Crippen LogP contribution in [0.5, 0.6) is 0 Å². The molecule has 3 aliphatic rings. The number of carbonyl (C=O) groups is 2. The number of cyclic esters (lactones) is 2. The maximum atomic E-state index is 12.1. The zero-order valence-electron chi connectivity index (χ0n) is 19.6. The normalized spacial score (nSPS) is 22.2. The number of fused-ring (bicyclic) bond motifs is 2. The molecule has 2 atom stereocenters. The van der Waals surface area contributed by atoms with Crippen molar-refractivity contribution in [1.29, 1.82) is 0 Å². The lowest BCUT2D eigenvalue weighted by Gasteiger charge is -2.24. The van der Waals surface area contributed by atoms with Crippen molar-refractivity contribution in [3.63, 3.8) is 0 Å². The lowest BCUT2D eigenvalue weighted by atomic mass is 9.85. The van der Waals surface area contributed by atoms with Crippen molar-refractivity contribution < 1.29 is 23.8 Å². The van der Waals surface area contributed by atoms with Crippen molar-refractivity contribution in [2.75, 3.05) is 13.2 Å². The van der Waals surface area contributed by atoms with Crippen LogP contribution in [0.4, 0.5) is 0 Å². The Bertz CT molecular complexity index is 1130. The second-order valence-corrected chi connectivity index (χ2v) is 9.39. The molecule has 0 radical (unpaired) electrons. The smallest absolute Gasteiger partial charge is 0.335 e. The molecule has 2 saturated heterocycles. The van der Waals surface area contributed by atoms with Crippen LogP contribution in [0.1, 0.15) is 60.8 Å². The molecule has 5 heteroatoms. The van der Waals surface area contributed by atoms with Crippen LogP contribution in [0, 0.1) is 5.92 Å². The number of rotatable bonds is 7. The number of benzene rings is 2. The summed E-state index contributed by atoms with van der Waals surface area (Å²) >= 11 is 0. The van der Waals surface area contributed by atoms with Gasteiger partial charge in [0, 0.05) is 0 Å². The highest BCUT2D eigenvalue weighted by atomic mass is 16.6. The lowest BCUT2D eigenvalue weighted by molar-refractivity contribution is -0.164. The van der Waals surface area contributed by atoms with E-state index in [0.29, 0.717) is 26.2 Å². The van der Waals surface area contributed by atoms with Crippen molar-refractivity contribution in [2.45, 2.75) is 64.1 Å². The predicted molar refractivity (Wildman–Crippen MR) is 131 cm³/mol. The molecule has 34 heavy (non-hydrogen) atoms. The Labute approximate surface area is 200 Å². The molecule has 0 amide bonds. The van der Waals surface area contributed by atoms with E-state index < -0.39 is 6.10 Å². The molecule has 2 aromatic carbocycles. The summed E-state index contributed by atoms with van der Waals surface area (Å²) in [7, 11) is 0. The molecule has 2 aromatic rings. The molecule has 0 aromatic heterocycles. The van der Waals surface area contributed by atoms with Crippen LogP contribution in [0.2, 0.25) is 0 Å². The number of carbonyl (C=O) groups excluding carboxylic acids is 2. The Hall–Kier alpha value is -2.92. The number of hydrogen-bond donors (Lipinski definition) is 0. The van der Waals surface area contributed by atoms with E-state index >= 15 is 0 Å². The minimum absolute atomic E-state index is 0.0290. The largest absolute Gasteiger partial charge is 0.465 e. The lowest BCUT2D eigenvalue weighted by Crippen LogP contribution is -2.31. The Balaban J connectivity index is 1.45. The SMILES string of the molecule is O=C1OCCCC1CCCc1c2c(c(COC3CCCOC3=O)c3ccccc13)C=CC=CC2. The van der Waals surface area contributed by atoms with Gasteiger partial charge in [0.05, 0.1) is 25.7 Å². The van der Waals surface area contributed by atoms with Gasteiger partial charge in [-0.25, -0.2) is 4.79 Å². The van der Waals surface area contributed by atoms with Gasteiger partial charge in [-0.3, -0.25) is 4.79 Å². The fraction of sp³-hybridized carbons (Fsp3) is 0.448. The quantitative estimate of drug-likeness (QED) is 0.513. The molecule has 178 valence electrons. The molecule has 2 fully saturated rings. The van der Waals surface area contributed by atoms with E-state index in [9.17, 15) is 9.59 Å². The van der Waals surface area contributed by atoms with E-state index in [1.807, 2.05) is 0 Å². The van der Waals surface area contributed by atoms with Crippen molar-refractivity contribution in [3.8, 4) is 0 Å². The zero-order chi connectivity index (χ0) is 23.3. The molecule has 5 rings (SSSR count). The van der Waals surface area contributed by atoms with Gasteiger partial charge < -0.3 is 14.2 Å². The van der Waals surface area contributed by atoms with Gasteiger partial charge in [0.2, 0.25) is 0 Å². The van der Waals surface area contributed by atoms with Crippen LogP contribution in [0.15, 0.2) is 42.5 Å². The molecule has 2 aliphatic heterocycles. The number of hydrogen-bond acceptors (Lipinski definition) is 5. The Morgan fingerprint density at radius 1 is 0.912 bits per heavy atom. The van der Waals surface area contributed by atoms with Crippen molar-refractivity contribution in [1.82, 2.24) is 0 Å². The molecular formula is C29H32O5. The van der Waals surface area contributed by atoms with Crippen LogP contribution in [-0.2, 0) is 43.2 Å². The van der Waals surface area contributed by atoms with Gasteiger partial charge in [0.25, 0.3) is 0 Å². The third-order valence-electron chi connectivity index (χ3n) is 7.22. The summed E-state index contributed by atoms with van der Waals surface area (Å²) in [5.41, 5.74) is 5.00. The predicted octanol–water partition coefficient (Wildman–Crippen LogP) is 5.46. The third kappa shape index (κ3) is 4.80. The first kappa shape index (κ1) is 22.9. The molecule has 1 aliphatic carbocycles. The summed E-state index contributed by atoms with van der Waals surface area (Å²) in [6.07, 6.45) is 15.1. The molecule has 0 saturated carbocycles. The van der Waals surface area contributed by atoms with Crippen molar-refractivity contribution in [2.24, 2.45) is 5.92 Å². The molecule has 2 heterocycles. The molecule has 2 unspecified atom stereocenters. The highest BCUT2D eigenvalue weighted by Crippen LogP contribution is 2.36. The van der Waals surface area contributed by atoms with Gasteiger partial charge in [-0.05, 0) is 84.4 Å². The molecular weight excluding hydrogens is 428 g/mol. The van der Waals surface area contributed by atoms with E-state index in [4.69, 9.17) is 14.2 Å². The van der Waals surface area contributed by atoms with E-state index in [1.165, 1.54) is 27.5 Å². The topological polar surface area (TPSA) is 61.8 Å². The van der Waals surface area contributed by atoms with E-state index in [-0.39, 0.29) is 17.9 Å². The Morgan fingerprint density at radius 2 is 1.68 bits per heavy atom. The van der Waals surface area contributed by atoms with Gasteiger partial charge in [0.1, 0.15) is 0 Å². The molecule has 0 spiro atoms. The summed E-state index contributed by atoms with van der Waals surface area (Å²) in [6.45, 7) is 1.42. The summed E-state index contributed by atoms with van der Waals surface area (Å²) in [5.74, 6) is -0.257. The van der Waals surface area contributed by atoms with Gasteiger partial charge in [0.15, 0.2) is 6.10 Å². The van der Waals surface area contributed by atoms with Gasteiger partial charge in [-0.15, -0.1) is 0 Å². The first-order chi connectivity index (χ1) is 16.7. The fourth-order valence-corrected chi connectivity index (χ4v) is 5.47. The summed E-state index contributed by atoms with van der Waals surface area (Å²) in [6, 6.07) is 8.49. The van der Waals surface area contributed by atoms with E-state index in [1.54, 1.807) is 0 Å². The van der Waals surface area contributed by atoms with Gasteiger partial charge in [-0.1, -0.05) is 48.6 Å². The van der Waals surface area contributed by atoms with Crippen LogP contribution >= 0.6 is 0 Å². The first-order valence-electron chi connectivity index (χ1n) is 12.6. The van der Waals surface area contributed by atoms with E-state index in [0.717, 1.165) is 50.5 Å². The third-order valence-corrected chi connectivity index (χ3v) is 7.22. The number of allylic oxidation sites excluding steroid dienone is 3. The van der Waals surface area contributed by atoms with Gasteiger partial charge in [-0.2, -0.15) is 0 Å². The minimum Gasteiger partial charge on any atom is -0.465 e. The van der Waals surface area contributed by atoms with Crippen LogP contribution < -0.4 is 0 Å². The van der Waals surface area contributed by atoms with Crippen LogP contribution in [-0.4, -0.2) is 31.3 Å². The second kappa shape index (κ2) is 10.6. The van der Waals surface area contributed by atoms with E-state index in [2.05, 4.69) is 48.6 Å². The first-order valence-corrected chi connectivity index (χ1v) is 12.6. The van der Waals surface area contributed by atoms with Crippen molar-refractivity contribution >= 4 is 28.8 Å². The fourth-order valence-electron chi connectivity index (χ4n) is 5.47. The molecule has 0 N–H and O–H groups in total. The summed E-state index contributed by atoms with van der Waals surface area (Å²) < 4.78 is 16.6. The highest BCUT2D eigenvalue weighted by molar-refractivity contribution is 5.93. The standard InChI is InChI=1S/C29H32O5/c30-28-20(10-7-17-32-28)9-6-15-23-21-11-2-1-3-12-24(21)26(25-14-5-4-13-22(23)25)19-34-27-16-8-18-33-29(27)31/h1-5,12-14,20,27H,6-11,15-19H2. The number of aryl methyl sites for hydroxylation is 1. The minimum atomic E-state index is -0.494. The maximum absolute atomic E-state index is 12.1. The van der Waals surface area contributed by atoms with Crippen molar-refractivity contribution in [3.05, 3.63) is 64.7 Å². The summed E-state index contributed by atoms with van der Waals surface area (Å²) in [5, 5.41) is 2.41. The molecule has 0 bridgehead atoms. The Kier molecular flexibility index (Phi) is 7.10. The number of ether oxygens (including phenoxy) is 3. The van der Waals surface area contributed by atoms with Crippen LogP contribution in [0.3, 0.4) is 0 Å². The molecule has 5 nitrogen and oxygen atoms in total. The maximum Gasteiger partial charge on any atom is 0.335 e. The Morgan fingerprint density at radius 3 is 2.47 bits per heavy atom. The van der Waals surface area contributed by atoms with Gasteiger partial charge >= 0.3 is 11.9 Å².